The van der Waals surface area contributed by atoms with Crippen LogP contribution in [0, 0.1) is 11.3 Å². The summed E-state index contributed by atoms with van der Waals surface area (Å²) in [6.07, 6.45) is 7.74. The molecule has 18 heavy (non-hydrogen) atoms. The molecular formula is C16H19NO. The topological polar surface area (TPSA) is 44.0 Å². The molecule has 1 aliphatic carbocycles. The zero-order valence-corrected chi connectivity index (χ0v) is 10.8. The number of hydrogen-bond donors (Lipinski definition) is 1. The van der Waals surface area contributed by atoms with Crippen molar-refractivity contribution in [2.45, 2.75) is 44.6 Å². The average molecular weight is 241 g/mol. The Morgan fingerprint density at radius 3 is 2.89 bits per heavy atom. The second-order valence-electron chi connectivity index (χ2n) is 5.09. The summed E-state index contributed by atoms with van der Waals surface area (Å²) >= 11 is 0. The number of rotatable bonds is 2. The molecule has 0 saturated carbocycles. The van der Waals surface area contributed by atoms with Crippen molar-refractivity contribution in [3.8, 4) is 6.07 Å². The van der Waals surface area contributed by atoms with Crippen molar-refractivity contribution in [1.82, 2.24) is 0 Å². The van der Waals surface area contributed by atoms with E-state index in [9.17, 15) is 5.11 Å². The van der Waals surface area contributed by atoms with Crippen molar-refractivity contribution >= 4 is 0 Å². The van der Waals surface area contributed by atoms with E-state index in [2.05, 4.69) is 12.1 Å². The highest BCUT2D eigenvalue weighted by molar-refractivity contribution is 5.39. The first-order chi connectivity index (χ1) is 8.64. The van der Waals surface area contributed by atoms with Gasteiger partial charge >= 0.3 is 0 Å². The Morgan fingerprint density at radius 1 is 1.28 bits per heavy atom. The van der Waals surface area contributed by atoms with Gasteiger partial charge in [-0.2, -0.15) is 5.26 Å². The number of nitriles is 1. The minimum atomic E-state index is -0.947. The molecular weight excluding hydrogens is 222 g/mol. The molecule has 2 heteroatoms. The van der Waals surface area contributed by atoms with Crippen LogP contribution in [0.2, 0.25) is 0 Å². The van der Waals surface area contributed by atoms with Gasteiger partial charge < -0.3 is 5.11 Å². The Morgan fingerprint density at radius 2 is 2.11 bits per heavy atom. The van der Waals surface area contributed by atoms with Crippen molar-refractivity contribution in [2.24, 2.45) is 0 Å². The third-order valence-corrected chi connectivity index (χ3v) is 3.72. The first kappa shape index (κ1) is 12.9. The van der Waals surface area contributed by atoms with Gasteiger partial charge in [-0.3, -0.25) is 0 Å². The third-order valence-electron chi connectivity index (χ3n) is 3.72. The van der Waals surface area contributed by atoms with Gasteiger partial charge in [0.2, 0.25) is 0 Å². The Balaban J connectivity index is 2.34. The molecule has 1 aromatic carbocycles. The van der Waals surface area contributed by atoms with Gasteiger partial charge in [-0.15, -0.1) is 0 Å². The van der Waals surface area contributed by atoms with Crippen LogP contribution in [0.15, 0.2) is 35.9 Å². The fourth-order valence-corrected chi connectivity index (χ4v) is 2.53. The van der Waals surface area contributed by atoms with Gasteiger partial charge in [0.25, 0.3) is 0 Å². The van der Waals surface area contributed by atoms with E-state index in [4.69, 9.17) is 5.26 Å². The molecule has 1 aliphatic rings. The smallest absolute Gasteiger partial charge is 0.108 e. The molecule has 0 aliphatic heterocycles. The highest BCUT2D eigenvalue weighted by atomic mass is 16.3. The lowest BCUT2D eigenvalue weighted by atomic mass is 9.85. The molecule has 0 aromatic heterocycles. The van der Waals surface area contributed by atoms with Crippen molar-refractivity contribution in [1.29, 1.82) is 5.26 Å². The minimum absolute atomic E-state index is 0.599. The van der Waals surface area contributed by atoms with Crippen LogP contribution in [0.5, 0.6) is 0 Å². The maximum absolute atomic E-state index is 10.8. The Bertz CT molecular complexity index is 494. The standard InChI is InChI=1S/C16H19NO/c1-16(18,14-8-4-2-3-5-9-14)15-10-6-7-13(11-15)12-17/h6-8,10-11,18H,2-5,9H2,1H3. The maximum atomic E-state index is 10.8. The second kappa shape index (κ2) is 5.37. The van der Waals surface area contributed by atoms with E-state index in [0.717, 1.165) is 30.4 Å². The van der Waals surface area contributed by atoms with Crippen molar-refractivity contribution in [2.75, 3.05) is 0 Å². The number of allylic oxidation sites excluding steroid dienone is 1. The van der Waals surface area contributed by atoms with E-state index in [-0.39, 0.29) is 0 Å². The highest BCUT2D eigenvalue weighted by Crippen LogP contribution is 2.34. The summed E-state index contributed by atoms with van der Waals surface area (Å²) in [5, 5.41) is 19.7. The fourth-order valence-electron chi connectivity index (χ4n) is 2.53. The fraction of sp³-hybridized carbons (Fsp3) is 0.438. The monoisotopic (exact) mass is 241 g/mol. The highest BCUT2D eigenvalue weighted by Gasteiger charge is 2.28. The predicted molar refractivity (Wildman–Crippen MR) is 71.9 cm³/mol. The Labute approximate surface area is 109 Å². The predicted octanol–water partition coefficient (Wildman–Crippen LogP) is 3.66. The molecule has 1 N–H and O–H groups in total. The van der Waals surface area contributed by atoms with Gasteiger partial charge in [-0.25, -0.2) is 0 Å². The molecule has 0 amide bonds. The zero-order chi connectivity index (χ0) is 13.0. The first-order valence-corrected chi connectivity index (χ1v) is 6.57. The normalized spacial score (nSPS) is 19.3. The van der Waals surface area contributed by atoms with E-state index in [0.29, 0.717) is 5.56 Å². The van der Waals surface area contributed by atoms with Crippen LogP contribution in [0.4, 0.5) is 0 Å². The lowest BCUT2D eigenvalue weighted by molar-refractivity contribution is 0.0931. The van der Waals surface area contributed by atoms with Gasteiger partial charge in [-0.1, -0.05) is 24.6 Å². The van der Waals surface area contributed by atoms with Crippen molar-refractivity contribution in [3.63, 3.8) is 0 Å². The summed E-state index contributed by atoms with van der Waals surface area (Å²) in [4.78, 5) is 0. The van der Waals surface area contributed by atoms with E-state index in [1.807, 2.05) is 19.1 Å². The molecule has 2 nitrogen and oxygen atoms in total. The van der Waals surface area contributed by atoms with Crippen molar-refractivity contribution in [3.05, 3.63) is 47.0 Å². The van der Waals surface area contributed by atoms with Crippen LogP contribution in [0.3, 0.4) is 0 Å². The molecule has 1 unspecified atom stereocenters. The number of hydrogen-bond acceptors (Lipinski definition) is 2. The lowest BCUT2D eigenvalue weighted by Gasteiger charge is -2.27. The SMILES string of the molecule is CC(O)(C1=CCCCCC1)c1cccc(C#N)c1. The van der Waals surface area contributed by atoms with Gasteiger partial charge in [0, 0.05) is 0 Å². The van der Waals surface area contributed by atoms with Gasteiger partial charge in [0.1, 0.15) is 5.60 Å². The molecule has 0 saturated heterocycles. The van der Waals surface area contributed by atoms with E-state index < -0.39 is 5.60 Å². The molecule has 0 spiro atoms. The van der Waals surface area contributed by atoms with Crippen LogP contribution >= 0.6 is 0 Å². The van der Waals surface area contributed by atoms with Gasteiger partial charge in [0.15, 0.2) is 0 Å². The molecule has 1 atom stereocenters. The summed E-state index contributed by atoms with van der Waals surface area (Å²) in [5.41, 5.74) is 1.56. The summed E-state index contributed by atoms with van der Waals surface area (Å²) in [6, 6.07) is 9.40. The second-order valence-corrected chi connectivity index (χ2v) is 5.09. The summed E-state index contributed by atoms with van der Waals surface area (Å²) in [6.45, 7) is 1.83. The number of aliphatic hydroxyl groups is 1. The Kier molecular flexibility index (Phi) is 3.84. The maximum Gasteiger partial charge on any atom is 0.108 e. The first-order valence-electron chi connectivity index (χ1n) is 6.57. The van der Waals surface area contributed by atoms with Crippen LogP contribution in [0.1, 0.15) is 50.2 Å². The van der Waals surface area contributed by atoms with Gasteiger partial charge in [0.05, 0.1) is 11.6 Å². The molecule has 0 fully saturated rings. The molecule has 94 valence electrons. The molecule has 0 radical (unpaired) electrons. The summed E-state index contributed by atoms with van der Waals surface area (Å²) < 4.78 is 0. The quantitative estimate of drug-likeness (QED) is 0.803. The van der Waals surface area contributed by atoms with E-state index in [1.54, 1.807) is 12.1 Å². The zero-order valence-electron chi connectivity index (χ0n) is 10.8. The van der Waals surface area contributed by atoms with Gasteiger partial charge in [-0.05, 0) is 55.9 Å². The summed E-state index contributed by atoms with van der Waals surface area (Å²) in [5.74, 6) is 0. The number of benzene rings is 1. The van der Waals surface area contributed by atoms with E-state index >= 15 is 0 Å². The Hall–Kier alpha value is -1.59. The van der Waals surface area contributed by atoms with Crippen LogP contribution in [-0.4, -0.2) is 5.11 Å². The molecule has 0 heterocycles. The lowest BCUT2D eigenvalue weighted by Crippen LogP contribution is -2.24. The summed E-state index contributed by atoms with van der Waals surface area (Å²) in [7, 11) is 0. The molecule has 1 aromatic rings. The third kappa shape index (κ3) is 2.63. The molecule has 0 bridgehead atoms. The number of nitrogens with zero attached hydrogens (tertiary/aromatic N) is 1. The minimum Gasteiger partial charge on any atom is -0.381 e. The largest absolute Gasteiger partial charge is 0.381 e. The van der Waals surface area contributed by atoms with Crippen LogP contribution in [0.25, 0.3) is 0 Å². The van der Waals surface area contributed by atoms with Crippen molar-refractivity contribution < 1.29 is 5.11 Å². The molecule has 2 rings (SSSR count). The van der Waals surface area contributed by atoms with E-state index in [1.165, 1.54) is 12.8 Å². The van der Waals surface area contributed by atoms with Crippen LogP contribution < -0.4 is 0 Å². The van der Waals surface area contributed by atoms with Crippen LogP contribution in [-0.2, 0) is 5.60 Å². The average Bonchev–Trinajstić information content (AvgIpc) is 2.68.